The number of rotatable bonds is 9. The van der Waals surface area contributed by atoms with Crippen molar-refractivity contribution < 1.29 is 14.6 Å². The van der Waals surface area contributed by atoms with Gasteiger partial charge in [0.1, 0.15) is 5.75 Å². The number of carboxylic acid groups (broad SMARTS) is 1. The van der Waals surface area contributed by atoms with Crippen LogP contribution >= 0.6 is 15.9 Å². The van der Waals surface area contributed by atoms with Crippen LogP contribution in [0.4, 0.5) is 0 Å². The Bertz CT molecular complexity index is 340. The van der Waals surface area contributed by atoms with Gasteiger partial charge < -0.3 is 14.6 Å². The molecule has 0 bridgehead atoms. The van der Waals surface area contributed by atoms with Crippen LogP contribution in [0, 0.1) is 5.92 Å². The van der Waals surface area contributed by atoms with Gasteiger partial charge in [0, 0.05) is 17.2 Å². The van der Waals surface area contributed by atoms with Crippen LogP contribution in [0.2, 0.25) is 0 Å². The molecule has 0 aromatic heterocycles. The van der Waals surface area contributed by atoms with E-state index < -0.39 is 11.9 Å². The van der Waals surface area contributed by atoms with Gasteiger partial charge in [-0.25, -0.2) is 0 Å². The molecule has 0 saturated carbocycles. The first-order valence-electron chi connectivity index (χ1n) is 6.18. The van der Waals surface area contributed by atoms with Crippen LogP contribution in [0.1, 0.15) is 25.7 Å². The Balaban J connectivity index is 2.27. The summed E-state index contributed by atoms with van der Waals surface area (Å²) in [7, 11) is 0. The molecular formula is C14H18BrO3-. The minimum Gasteiger partial charge on any atom is -0.550 e. The lowest BCUT2D eigenvalue weighted by Crippen LogP contribution is -2.32. The molecule has 0 aliphatic rings. The van der Waals surface area contributed by atoms with Crippen LogP contribution in [-0.2, 0) is 4.79 Å². The average molecular weight is 314 g/mol. The van der Waals surface area contributed by atoms with Crippen molar-refractivity contribution in [2.45, 2.75) is 25.7 Å². The fourth-order valence-electron chi connectivity index (χ4n) is 1.70. The van der Waals surface area contributed by atoms with E-state index in [9.17, 15) is 9.90 Å². The molecule has 1 rings (SSSR count). The van der Waals surface area contributed by atoms with E-state index in [-0.39, 0.29) is 0 Å². The summed E-state index contributed by atoms with van der Waals surface area (Å²) in [5, 5.41) is 11.9. The predicted octanol–water partition coefficient (Wildman–Crippen LogP) is 2.39. The molecule has 100 valence electrons. The molecule has 0 N–H and O–H groups in total. The standard InChI is InChI=1S/C14H19BrO3/c15-10-5-4-6-12(14(16)17)9-11-18-13-7-2-1-3-8-13/h1-3,7-8,12H,4-6,9-11H2,(H,16,17)/p-1. The molecular weight excluding hydrogens is 296 g/mol. The van der Waals surface area contributed by atoms with Crippen LogP contribution < -0.4 is 9.84 Å². The second-order valence-corrected chi connectivity index (χ2v) is 4.94. The monoisotopic (exact) mass is 313 g/mol. The second kappa shape index (κ2) is 8.97. The fourth-order valence-corrected chi connectivity index (χ4v) is 2.10. The number of halogens is 1. The summed E-state index contributed by atoms with van der Waals surface area (Å²) in [6.07, 6.45) is 3.05. The normalized spacial score (nSPS) is 12.1. The largest absolute Gasteiger partial charge is 0.550 e. The Morgan fingerprint density at radius 3 is 2.56 bits per heavy atom. The molecule has 0 aliphatic carbocycles. The van der Waals surface area contributed by atoms with Gasteiger partial charge in [0.25, 0.3) is 0 Å². The van der Waals surface area contributed by atoms with Gasteiger partial charge in [0.05, 0.1) is 6.61 Å². The molecule has 0 aliphatic heterocycles. The Morgan fingerprint density at radius 2 is 1.94 bits per heavy atom. The summed E-state index contributed by atoms with van der Waals surface area (Å²) in [6, 6.07) is 9.41. The first-order chi connectivity index (χ1) is 8.74. The number of para-hydroxylation sites is 1. The van der Waals surface area contributed by atoms with Crippen molar-refractivity contribution in [3.05, 3.63) is 30.3 Å². The highest BCUT2D eigenvalue weighted by Gasteiger charge is 2.09. The molecule has 0 saturated heterocycles. The van der Waals surface area contributed by atoms with Crippen LogP contribution in [0.3, 0.4) is 0 Å². The molecule has 18 heavy (non-hydrogen) atoms. The Hall–Kier alpha value is -1.03. The van der Waals surface area contributed by atoms with Crippen molar-refractivity contribution in [3.63, 3.8) is 0 Å². The van der Waals surface area contributed by atoms with Crippen molar-refractivity contribution in [2.24, 2.45) is 5.92 Å². The number of aliphatic carboxylic acids is 1. The molecule has 1 aromatic carbocycles. The molecule has 0 heterocycles. The molecule has 3 nitrogen and oxygen atoms in total. The average Bonchev–Trinajstić information content (AvgIpc) is 2.38. The maximum absolute atomic E-state index is 11.0. The number of ether oxygens (including phenoxy) is 1. The first kappa shape index (κ1) is 15.0. The topological polar surface area (TPSA) is 49.4 Å². The van der Waals surface area contributed by atoms with Gasteiger partial charge in [0.15, 0.2) is 0 Å². The summed E-state index contributed by atoms with van der Waals surface area (Å²) in [5.41, 5.74) is 0. The first-order valence-corrected chi connectivity index (χ1v) is 7.31. The lowest BCUT2D eigenvalue weighted by atomic mass is 9.99. The number of benzene rings is 1. The Kier molecular flexibility index (Phi) is 7.49. The van der Waals surface area contributed by atoms with Crippen LogP contribution in [0.15, 0.2) is 30.3 Å². The lowest BCUT2D eigenvalue weighted by molar-refractivity contribution is -0.312. The minimum absolute atomic E-state index is 0.409. The summed E-state index contributed by atoms with van der Waals surface area (Å²) in [6.45, 7) is 0.414. The quantitative estimate of drug-likeness (QED) is 0.519. The molecule has 0 amide bonds. The van der Waals surface area contributed by atoms with E-state index in [1.165, 1.54) is 0 Å². The van der Waals surface area contributed by atoms with E-state index in [0.29, 0.717) is 19.4 Å². The molecule has 1 aromatic rings. The third kappa shape index (κ3) is 6.05. The third-order valence-electron chi connectivity index (χ3n) is 2.75. The summed E-state index contributed by atoms with van der Waals surface area (Å²) in [4.78, 5) is 11.0. The Morgan fingerprint density at radius 1 is 1.22 bits per heavy atom. The highest BCUT2D eigenvalue weighted by Crippen LogP contribution is 2.15. The van der Waals surface area contributed by atoms with Crippen molar-refractivity contribution in [2.75, 3.05) is 11.9 Å². The molecule has 1 atom stereocenters. The van der Waals surface area contributed by atoms with Crippen molar-refractivity contribution >= 4 is 21.9 Å². The molecule has 1 unspecified atom stereocenters. The van der Waals surface area contributed by atoms with Crippen molar-refractivity contribution in [1.29, 1.82) is 0 Å². The number of carboxylic acids is 1. The van der Waals surface area contributed by atoms with E-state index in [0.717, 1.165) is 23.9 Å². The number of carbonyl (C=O) groups is 1. The zero-order valence-electron chi connectivity index (χ0n) is 10.3. The van der Waals surface area contributed by atoms with Crippen molar-refractivity contribution in [3.8, 4) is 5.75 Å². The van der Waals surface area contributed by atoms with Gasteiger partial charge in [-0.05, 0) is 31.4 Å². The van der Waals surface area contributed by atoms with Gasteiger partial charge in [0.2, 0.25) is 0 Å². The van der Waals surface area contributed by atoms with Gasteiger partial charge in [-0.3, -0.25) is 0 Å². The smallest absolute Gasteiger partial charge is 0.119 e. The summed E-state index contributed by atoms with van der Waals surface area (Å²) < 4.78 is 5.49. The third-order valence-corrected chi connectivity index (χ3v) is 3.31. The number of hydrogen-bond donors (Lipinski definition) is 0. The fraction of sp³-hybridized carbons (Fsp3) is 0.500. The molecule has 0 fully saturated rings. The zero-order valence-corrected chi connectivity index (χ0v) is 11.9. The van der Waals surface area contributed by atoms with Gasteiger partial charge in [-0.15, -0.1) is 0 Å². The SMILES string of the molecule is O=C([O-])C(CCCCBr)CCOc1ccccc1. The second-order valence-electron chi connectivity index (χ2n) is 4.15. The minimum atomic E-state index is -0.971. The summed E-state index contributed by atoms with van der Waals surface area (Å²) >= 11 is 3.33. The van der Waals surface area contributed by atoms with E-state index in [4.69, 9.17) is 4.74 Å². The van der Waals surface area contributed by atoms with E-state index in [1.807, 2.05) is 30.3 Å². The van der Waals surface area contributed by atoms with E-state index in [2.05, 4.69) is 15.9 Å². The molecule has 0 spiro atoms. The van der Waals surface area contributed by atoms with Gasteiger partial charge in [-0.2, -0.15) is 0 Å². The van der Waals surface area contributed by atoms with Gasteiger partial charge >= 0.3 is 0 Å². The molecule has 0 radical (unpaired) electrons. The maximum atomic E-state index is 11.0. The Labute approximate surface area is 116 Å². The zero-order chi connectivity index (χ0) is 13.2. The molecule has 4 heteroatoms. The number of alkyl halides is 1. The van der Waals surface area contributed by atoms with Crippen LogP contribution in [-0.4, -0.2) is 17.9 Å². The van der Waals surface area contributed by atoms with E-state index >= 15 is 0 Å². The number of unbranched alkanes of at least 4 members (excludes halogenated alkanes) is 1. The predicted molar refractivity (Wildman–Crippen MR) is 72.7 cm³/mol. The van der Waals surface area contributed by atoms with Gasteiger partial charge in [-0.1, -0.05) is 40.5 Å². The number of hydrogen-bond acceptors (Lipinski definition) is 3. The van der Waals surface area contributed by atoms with Crippen LogP contribution in [0.5, 0.6) is 5.75 Å². The lowest BCUT2D eigenvalue weighted by Gasteiger charge is -2.18. The highest BCUT2D eigenvalue weighted by molar-refractivity contribution is 9.09. The highest BCUT2D eigenvalue weighted by atomic mass is 79.9. The summed E-state index contributed by atoms with van der Waals surface area (Å²) in [5.74, 6) is -0.607. The van der Waals surface area contributed by atoms with Crippen LogP contribution in [0.25, 0.3) is 0 Å². The maximum Gasteiger partial charge on any atom is 0.119 e. The van der Waals surface area contributed by atoms with Crippen molar-refractivity contribution in [1.82, 2.24) is 0 Å². The number of carbonyl (C=O) groups excluding carboxylic acids is 1. The van der Waals surface area contributed by atoms with E-state index in [1.54, 1.807) is 0 Å².